The Bertz CT molecular complexity index is 279. The molecule has 0 spiro atoms. The van der Waals surface area contributed by atoms with Gasteiger partial charge in [0.2, 0.25) is 5.91 Å². The van der Waals surface area contributed by atoms with E-state index in [1.807, 2.05) is 0 Å². The highest BCUT2D eigenvalue weighted by Gasteiger charge is 2.48. The number of amides is 1. The fraction of sp³-hybridized carbons (Fsp3) is 0.444. The van der Waals surface area contributed by atoms with Crippen LogP contribution in [0.15, 0.2) is 24.3 Å². The van der Waals surface area contributed by atoms with Gasteiger partial charge >= 0.3 is 0 Å². The molecule has 56 valence electrons. The molecule has 1 heterocycles. The lowest BCUT2D eigenvalue weighted by atomic mass is 9.64. The van der Waals surface area contributed by atoms with Crippen LogP contribution in [0.4, 0.5) is 0 Å². The van der Waals surface area contributed by atoms with Crippen molar-refractivity contribution < 1.29 is 4.79 Å². The molecule has 0 aromatic heterocycles. The van der Waals surface area contributed by atoms with Gasteiger partial charge in [-0.25, -0.2) is 0 Å². The quantitative estimate of drug-likeness (QED) is 0.391. The molecule has 11 heavy (non-hydrogen) atoms. The molecule has 3 aliphatic rings. The van der Waals surface area contributed by atoms with Crippen LogP contribution < -0.4 is 5.32 Å². The van der Waals surface area contributed by atoms with Gasteiger partial charge in [-0.05, 0) is 0 Å². The number of nitrogens with one attached hydrogen (secondary N) is 1. The van der Waals surface area contributed by atoms with Gasteiger partial charge in [0.05, 0.1) is 12.0 Å². The maximum Gasteiger partial charge on any atom is 0.226 e. The second kappa shape index (κ2) is 1.58. The van der Waals surface area contributed by atoms with E-state index in [0.717, 1.165) is 0 Å². The van der Waals surface area contributed by atoms with Gasteiger partial charge in [0.25, 0.3) is 0 Å². The fourth-order valence-corrected chi connectivity index (χ4v) is 2.17. The SMILES string of the molecule is O=C1NC2C=CC3C=CC3C12. The van der Waals surface area contributed by atoms with Crippen molar-refractivity contribution in [2.75, 3.05) is 0 Å². The second-order valence-electron chi connectivity index (χ2n) is 3.48. The fourth-order valence-electron chi connectivity index (χ4n) is 2.17. The van der Waals surface area contributed by atoms with Crippen molar-refractivity contribution in [3.8, 4) is 0 Å². The highest BCUT2D eigenvalue weighted by molar-refractivity contribution is 5.88. The van der Waals surface area contributed by atoms with E-state index in [1.54, 1.807) is 0 Å². The molecule has 1 amide bonds. The number of fused-ring (bicyclic) bond motifs is 3. The van der Waals surface area contributed by atoms with E-state index in [-0.39, 0.29) is 11.8 Å². The van der Waals surface area contributed by atoms with Gasteiger partial charge in [0.15, 0.2) is 0 Å². The first-order chi connectivity index (χ1) is 5.36. The third kappa shape index (κ3) is 0.516. The van der Waals surface area contributed by atoms with Crippen LogP contribution >= 0.6 is 0 Å². The summed E-state index contributed by atoms with van der Waals surface area (Å²) in [5.74, 6) is 1.56. The summed E-state index contributed by atoms with van der Waals surface area (Å²) in [5.41, 5.74) is 0. The number of hydrogen-bond donors (Lipinski definition) is 1. The number of carbonyl (C=O) groups is 1. The Kier molecular flexibility index (Phi) is 0.799. The molecule has 1 aliphatic heterocycles. The number of carbonyl (C=O) groups excluding carboxylic acids is 1. The zero-order valence-electron chi connectivity index (χ0n) is 6.03. The Labute approximate surface area is 65.0 Å². The molecule has 2 aliphatic carbocycles. The highest BCUT2D eigenvalue weighted by Crippen LogP contribution is 2.42. The van der Waals surface area contributed by atoms with Gasteiger partial charge in [0, 0.05) is 11.8 Å². The largest absolute Gasteiger partial charge is 0.349 e. The van der Waals surface area contributed by atoms with Gasteiger partial charge in [-0.15, -0.1) is 0 Å². The summed E-state index contributed by atoms with van der Waals surface area (Å²) in [6, 6.07) is 0.341. The van der Waals surface area contributed by atoms with Crippen molar-refractivity contribution in [3.63, 3.8) is 0 Å². The minimum absolute atomic E-state index is 0.235. The minimum Gasteiger partial charge on any atom is -0.349 e. The summed E-state index contributed by atoms with van der Waals surface area (Å²) in [4.78, 5) is 11.1. The molecule has 0 aromatic rings. The number of β-lactam (4-membered cyclic amide) rings is 1. The standard InChI is InChI=1S/C9H9NO/c11-9-8-6-3-1-5(6)2-4-7(8)10-9/h1-8H,(H,10,11). The van der Waals surface area contributed by atoms with Crippen molar-refractivity contribution in [2.45, 2.75) is 6.04 Å². The molecule has 2 heteroatoms. The van der Waals surface area contributed by atoms with Crippen LogP contribution in [0.25, 0.3) is 0 Å². The van der Waals surface area contributed by atoms with Crippen LogP contribution in [0.2, 0.25) is 0 Å². The van der Waals surface area contributed by atoms with E-state index in [0.29, 0.717) is 17.9 Å². The predicted molar refractivity (Wildman–Crippen MR) is 40.7 cm³/mol. The molecule has 0 radical (unpaired) electrons. The highest BCUT2D eigenvalue weighted by atomic mass is 16.2. The molecule has 0 aromatic carbocycles. The van der Waals surface area contributed by atoms with Crippen molar-refractivity contribution in [3.05, 3.63) is 24.3 Å². The van der Waals surface area contributed by atoms with E-state index in [2.05, 4.69) is 29.6 Å². The van der Waals surface area contributed by atoms with Crippen molar-refractivity contribution >= 4 is 5.91 Å². The van der Waals surface area contributed by atoms with Gasteiger partial charge < -0.3 is 5.32 Å². The Morgan fingerprint density at radius 2 is 2.00 bits per heavy atom. The molecule has 0 saturated carbocycles. The van der Waals surface area contributed by atoms with E-state index in [1.165, 1.54) is 0 Å². The zero-order valence-corrected chi connectivity index (χ0v) is 6.03. The second-order valence-corrected chi connectivity index (χ2v) is 3.48. The third-order valence-electron chi connectivity index (χ3n) is 2.95. The molecular weight excluding hydrogens is 138 g/mol. The van der Waals surface area contributed by atoms with E-state index < -0.39 is 0 Å². The van der Waals surface area contributed by atoms with E-state index >= 15 is 0 Å². The summed E-state index contributed by atoms with van der Waals surface area (Å²) in [7, 11) is 0. The lowest BCUT2D eigenvalue weighted by molar-refractivity contribution is -0.136. The first-order valence-electron chi connectivity index (χ1n) is 4.03. The van der Waals surface area contributed by atoms with Gasteiger partial charge in [-0.3, -0.25) is 4.79 Å². The molecule has 1 fully saturated rings. The maximum absolute atomic E-state index is 11.1. The lowest BCUT2D eigenvalue weighted by Crippen LogP contribution is -2.62. The number of hydrogen-bond acceptors (Lipinski definition) is 1. The average molecular weight is 147 g/mol. The van der Waals surface area contributed by atoms with Gasteiger partial charge in [0.1, 0.15) is 0 Å². The summed E-state index contributed by atoms with van der Waals surface area (Å²) in [5, 5.41) is 2.87. The summed E-state index contributed by atoms with van der Waals surface area (Å²) >= 11 is 0. The summed E-state index contributed by atoms with van der Waals surface area (Å²) in [6.07, 6.45) is 8.65. The van der Waals surface area contributed by atoms with Crippen LogP contribution in [-0.2, 0) is 4.79 Å². The average Bonchev–Trinajstić information content (AvgIpc) is 1.94. The topological polar surface area (TPSA) is 29.1 Å². The normalized spacial score (nSPS) is 50.0. The maximum atomic E-state index is 11.1. The molecule has 0 bridgehead atoms. The predicted octanol–water partition coefficient (Wildman–Crippen LogP) is 0.473. The third-order valence-corrected chi connectivity index (χ3v) is 2.95. The van der Waals surface area contributed by atoms with E-state index in [9.17, 15) is 4.79 Å². The molecule has 3 rings (SSSR count). The molecule has 1 saturated heterocycles. The smallest absolute Gasteiger partial charge is 0.226 e. The minimum atomic E-state index is 0.235. The Balaban J connectivity index is 1.99. The first kappa shape index (κ1) is 5.58. The first-order valence-corrected chi connectivity index (χ1v) is 4.03. The van der Waals surface area contributed by atoms with Gasteiger partial charge in [-0.1, -0.05) is 24.3 Å². The summed E-state index contributed by atoms with van der Waals surface area (Å²) < 4.78 is 0. The molecule has 1 N–H and O–H groups in total. The van der Waals surface area contributed by atoms with Crippen LogP contribution in [-0.4, -0.2) is 11.9 Å². The molecular formula is C9H9NO. The van der Waals surface area contributed by atoms with Crippen LogP contribution in [0.1, 0.15) is 0 Å². The van der Waals surface area contributed by atoms with Crippen LogP contribution in [0.5, 0.6) is 0 Å². The van der Waals surface area contributed by atoms with Gasteiger partial charge in [-0.2, -0.15) is 0 Å². The van der Waals surface area contributed by atoms with Crippen LogP contribution in [0.3, 0.4) is 0 Å². The van der Waals surface area contributed by atoms with Crippen molar-refractivity contribution in [2.24, 2.45) is 17.8 Å². The van der Waals surface area contributed by atoms with E-state index in [4.69, 9.17) is 0 Å². The number of rotatable bonds is 0. The van der Waals surface area contributed by atoms with Crippen molar-refractivity contribution in [1.82, 2.24) is 5.32 Å². The zero-order chi connectivity index (χ0) is 7.42. The van der Waals surface area contributed by atoms with Crippen LogP contribution in [0, 0.1) is 17.8 Å². The van der Waals surface area contributed by atoms with Crippen molar-refractivity contribution in [1.29, 1.82) is 0 Å². The Morgan fingerprint density at radius 3 is 2.55 bits per heavy atom. The molecule has 4 unspecified atom stereocenters. The Hall–Kier alpha value is -1.05. The molecule has 2 nitrogen and oxygen atoms in total. The summed E-state index contributed by atoms with van der Waals surface area (Å²) in [6.45, 7) is 0. The lowest BCUT2D eigenvalue weighted by Gasteiger charge is -2.47. The number of allylic oxidation sites excluding steroid dienone is 3. The monoisotopic (exact) mass is 147 g/mol. The molecule has 4 atom stereocenters. The Morgan fingerprint density at radius 1 is 1.18 bits per heavy atom.